The Morgan fingerprint density at radius 2 is 1.66 bits per heavy atom. The molecule has 5 rings (SSSR count). The van der Waals surface area contributed by atoms with E-state index in [1.165, 1.54) is 11.1 Å². The summed E-state index contributed by atoms with van der Waals surface area (Å²) in [6, 6.07) is 17.0. The summed E-state index contributed by atoms with van der Waals surface area (Å²) in [5, 5.41) is 3.47. The number of nitrogens with one attached hydrogen (secondary N) is 1. The Morgan fingerprint density at radius 3 is 2.44 bits per heavy atom. The number of aromatic nitrogens is 4. The van der Waals surface area contributed by atoms with Crippen LogP contribution in [0.3, 0.4) is 0 Å². The molecule has 162 valence electrons. The van der Waals surface area contributed by atoms with E-state index in [0.717, 1.165) is 44.0 Å². The van der Waals surface area contributed by atoms with E-state index in [9.17, 15) is 0 Å². The van der Waals surface area contributed by atoms with Gasteiger partial charge in [0.05, 0.1) is 0 Å². The molecule has 0 saturated carbocycles. The van der Waals surface area contributed by atoms with Gasteiger partial charge < -0.3 is 10.2 Å². The molecule has 0 amide bonds. The van der Waals surface area contributed by atoms with Crippen LogP contribution < -0.4 is 10.2 Å². The third-order valence-corrected chi connectivity index (χ3v) is 5.86. The largest absolute Gasteiger partial charge is 0.338 e. The number of hydrogen-bond donors (Lipinski definition) is 1. The third-order valence-electron chi connectivity index (χ3n) is 5.86. The van der Waals surface area contributed by atoms with Crippen LogP contribution in [0.5, 0.6) is 0 Å². The Hall–Kier alpha value is -3.58. The van der Waals surface area contributed by atoms with Gasteiger partial charge in [0, 0.05) is 50.8 Å². The predicted octanol–water partition coefficient (Wildman–Crippen LogP) is 4.10. The number of anilines is 3. The van der Waals surface area contributed by atoms with Crippen LogP contribution in [-0.2, 0) is 6.54 Å². The summed E-state index contributed by atoms with van der Waals surface area (Å²) in [6.45, 7) is 8.85. The van der Waals surface area contributed by atoms with Gasteiger partial charge in [-0.15, -0.1) is 0 Å². The minimum Gasteiger partial charge on any atom is -0.338 e. The van der Waals surface area contributed by atoms with E-state index in [1.807, 2.05) is 0 Å². The van der Waals surface area contributed by atoms with Crippen molar-refractivity contribution in [1.82, 2.24) is 24.8 Å². The second-order valence-electron chi connectivity index (χ2n) is 8.29. The molecule has 7 nitrogen and oxygen atoms in total. The van der Waals surface area contributed by atoms with Crippen molar-refractivity contribution >= 4 is 28.6 Å². The number of fused-ring (bicyclic) bond motifs is 1. The second-order valence-corrected chi connectivity index (χ2v) is 8.29. The number of nitrogens with zero attached hydrogens (tertiary/aromatic N) is 6. The number of benzene rings is 2. The van der Waals surface area contributed by atoms with Gasteiger partial charge >= 0.3 is 0 Å². The zero-order chi connectivity index (χ0) is 21.9. The zero-order valence-corrected chi connectivity index (χ0v) is 18.5. The van der Waals surface area contributed by atoms with Gasteiger partial charge in [-0.1, -0.05) is 48.0 Å². The van der Waals surface area contributed by atoms with Crippen LogP contribution in [0.2, 0.25) is 0 Å². The molecule has 0 bridgehead atoms. The minimum absolute atomic E-state index is 0.608. The molecule has 1 aliphatic heterocycles. The lowest BCUT2D eigenvalue weighted by Crippen LogP contribution is -2.46. The summed E-state index contributed by atoms with van der Waals surface area (Å²) in [5.41, 5.74) is 6.04. The number of hydrogen-bond acceptors (Lipinski definition) is 7. The maximum absolute atomic E-state index is 4.88. The lowest BCUT2D eigenvalue weighted by molar-refractivity contribution is 0.249. The molecule has 2 aromatic carbocycles. The van der Waals surface area contributed by atoms with E-state index >= 15 is 0 Å². The van der Waals surface area contributed by atoms with E-state index in [0.29, 0.717) is 22.9 Å². The first-order valence-electron chi connectivity index (χ1n) is 11.0. The number of rotatable bonds is 5. The number of aryl methyl sites for hydroxylation is 2. The molecule has 0 atom stereocenters. The average molecular weight is 426 g/mol. The molecule has 1 aliphatic rings. The highest BCUT2D eigenvalue weighted by atomic mass is 15.3. The van der Waals surface area contributed by atoms with Gasteiger partial charge in [0.25, 0.3) is 0 Å². The van der Waals surface area contributed by atoms with Crippen LogP contribution in [0.1, 0.15) is 16.7 Å². The van der Waals surface area contributed by atoms with E-state index in [1.54, 1.807) is 12.4 Å². The van der Waals surface area contributed by atoms with Gasteiger partial charge in [-0.2, -0.15) is 9.97 Å². The summed E-state index contributed by atoms with van der Waals surface area (Å²) in [5.74, 6) is 1.39. The SMILES string of the molecule is Cc1ccc(Nc2nc(N3CCN(Cc4ccccc4)CC3)nc3nccnc23)c(C)c1. The van der Waals surface area contributed by atoms with Gasteiger partial charge in [-0.25, -0.2) is 9.97 Å². The molecule has 2 aromatic heterocycles. The topological polar surface area (TPSA) is 70.1 Å². The van der Waals surface area contributed by atoms with Crippen molar-refractivity contribution in [3.63, 3.8) is 0 Å². The lowest BCUT2D eigenvalue weighted by atomic mass is 10.1. The Labute approximate surface area is 188 Å². The molecule has 0 spiro atoms. The van der Waals surface area contributed by atoms with Crippen molar-refractivity contribution in [1.29, 1.82) is 0 Å². The van der Waals surface area contributed by atoms with Crippen molar-refractivity contribution in [3.05, 3.63) is 77.6 Å². The first-order chi connectivity index (χ1) is 15.7. The normalized spacial score (nSPS) is 14.6. The molecular formula is C25H27N7. The monoisotopic (exact) mass is 425 g/mol. The van der Waals surface area contributed by atoms with Crippen LogP contribution in [0, 0.1) is 13.8 Å². The molecule has 32 heavy (non-hydrogen) atoms. The van der Waals surface area contributed by atoms with Crippen molar-refractivity contribution in [2.75, 3.05) is 36.4 Å². The minimum atomic E-state index is 0.608. The highest BCUT2D eigenvalue weighted by Crippen LogP contribution is 2.26. The lowest BCUT2D eigenvalue weighted by Gasteiger charge is -2.34. The van der Waals surface area contributed by atoms with Gasteiger partial charge in [-0.05, 0) is 31.0 Å². The van der Waals surface area contributed by atoms with Crippen LogP contribution in [-0.4, -0.2) is 51.0 Å². The highest BCUT2D eigenvalue weighted by molar-refractivity contribution is 5.86. The molecular weight excluding hydrogens is 398 g/mol. The molecule has 1 N–H and O–H groups in total. The quantitative estimate of drug-likeness (QED) is 0.516. The highest BCUT2D eigenvalue weighted by Gasteiger charge is 2.21. The fourth-order valence-electron chi connectivity index (χ4n) is 4.11. The fourth-order valence-corrected chi connectivity index (χ4v) is 4.11. The Kier molecular flexibility index (Phi) is 5.64. The van der Waals surface area contributed by atoms with Gasteiger partial charge in [0.1, 0.15) is 0 Å². The predicted molar refractivity (Wildman–Crippen MR) is 128 cm³/mol. The van der Waals surface area contributed by atoms with Crippen molar-refractivity contribution in [2.24, 2.45) is 0 Å². The first kappa shape index (κ1) is 20.3. The average Bonchev–Trinajstić information content (AvgIpc) is 2.82. The Bertz CT molecular complexity index is 1220. The second kappa shape index (κ2) is 8.88. The molecule has 0 radical (unpaired) electrons. The smallest absolute Gasteiger partial charge is 0.229 e. The van der Waals surface area contributed by atoms with Crippen LogP contribution in [0.4, 0.5) is 17.5 Å². The molecule has 1 fully saturated rings. The maximum Gasteiger partial charge on any atom is 0.229 e. The summed E-state index contributed by atoms with van der Waals surface area (Å²) < 4.78 is 0. The summed E-state index contributed by atoms with van der Waals surface area (Å²) in [7, 11) is 0. The first-order valence-corrected chi connectivity index (χ1v) is 11.0. The Balaban J connectivity index is 1.38. The van der Waals surface area contributed by atoms with Crippen molar-refractivity contribution < 1.29 is 0 Å². The molecule has 4 aromatic rings. The fraction of sp³-hybridized carbons (Fsp3) is 0.280. The van der Waals surface area contributed by atoms with Gasteiger partial charge in [0.15, 0.2) is 17.0 Å². The molecule has 3 heterocycles. The molecule has 0 unspecified atom stereocenters. The van der Waals surface area contributed by atoms with Gasteiger partial charge in [0.2, 0.25) is 5.95 Å². The molecule has 0 aliphatic carbocycles. The van der Waals surface area contributed by atoms with Crippen molar-refractivity contribution in [3.8, 4) is 0 Å². The number of piperazine rings is 1. The van der Waals surface area contributed by atoms with E-state index in [4.69, 9.17) is 9.97 Å². The summed E-state index contributed by atoms with van der Waals surface area (Å²) in [6.07, 6.45) is 3.36. The van der Waals surface area contributed by atoms with E-state index in [-0.39, 0.29) is 0 Å². The molecule has 7 heteroatoms. The summed E-state index contributed by atoms with van der Waals surface area (Å²) >= 11 is 0. The van der Waals surface area contributed by atoms with Crippen molar-refractivity contribution in [2.45, 2.75) is 20.4 Å². The summed E-state index contributed by atoms with van der Waals surface area (Å²) in [4.78, 5) is 23.3. The van der Waals surface area contributed by atoms with E-state index in [2.05, 4.69) is 87.5 Å². The van der Waals surface area contributed by atoms with Crippen LogP contribution in [0.25, 0.3) is 11.2 Å². The van der Waals surface area contributed by atoms with E-state index < -0.39 is 0 Å². The van der Waals surface area contributed by atoms with Crippen LogP contribution in [0.15, 0.2) is 60.9 Å². The Morgan fingerprint density at radius 1 is 0.875 bits per heavy atom. The zero-order valence-electron chi connectivity index (χ0n) is 18.5. The standard InChI is InChI=1S/C25H27N7/c1-18-8-9-21(19(2)16-18)28-24-22-23(27-11-10-26-22)29-25(30-24)32-14-12-31(13-15-32)17-20-6-4-3-5-7-20/h3-11,16H,12-15,17H2,1-2H3,(H,27,28,29,30). The van der Waals surface area contributed by atoms with Gasteiger partial charge in [-0.3, -0.25) is 4.90 Å². The maximum atomic E-state index is 4.88. The molecule has 1 saturated heterocycles. The third kappa shape index (κ3) is 4.38. The van der Waals surface area contributed by atoms with Crippen LogP contribution >= 0.6 is 0 Å².